The van der Waals surface area contributed by atoms with Crippen LogP contribution < -0.4 is 5.32 Å². The van der Waals surface area contributed by atoms with Crippen LogP contribution in [0.1, 0.15) is 50.8 Å². The van der Waals surface area contributed by atoms with Crippen molar-refractivity contribution in [1.82, 2.24) is 20.1 Å². The van der Waals surface area contributed by atoms with Crippen LogP contribution in [0, 0.1) is 5.41 Å². The summed E-state index contributed by atoms with van der Waals surface area (Å²) in [5.41, 5.74) is 0.636. The number of nitrogens with zero attached hydrogens (tertiary/aromatic N) is 3. The lowest BCUT2D eigenvalue weighted by Gasteiger charge is -2.52. The number of nitrogens with one attached hydrogen (secondary N) is 1. The van der Waals surface area contributed by atoms with E-state index in [1.165, 1.54) is 44.9 Å². The second-order valence-corrected chi connectivity index (χ2v) is 5.75. The smallest absolute Gasteiger partial charge is 0.146 e. The third kappa shape index (κ3) is 1.99. The Morgan fingerprint density at radius 3 is 2.76 bits per heavy atom. The molecule has 4 heteroatoms. The van der Waals surface area contributed by atoms with E-state index in [2.05, 4.69) is 15.5 Å². The molecule has 1 aromatic heterocycles. The minimum Gasteiger partial charge on any atom is -0.320 e. The Bertz CT molecular complexity index is 379. The molecule has 0 bridgehead atoms. The van der Waals surface area contributed by atoms with Crippen molar-refractivity contribution >= 4 is 0 Å². The maximum absolute atomic E-state index is 4.13. The third-order valence-corrected chi connectivity index (χ3v) is 4.83. The Balaban J connectivity index is 1.57. The molecule has 94 valence electrons. The van der Waals surface area contributed by atoms with Gasteiger partial charge in [-0.3, -0.25) is 0 Å². The number of aromatic nitrogens is 3. The summed E-state index contributed by atoms with van der Waals surface area (Å²) < 4.78 is 2.00. The van der Waals surface area contributed by atoms with Gasteiger partial charge in [0.25, 0.3) is 0 Å². The van der Waals surface area contributed by atoms with Crippen molar-refractivity contribution in [1.29, 1.82) is 0 Å². The molecule has 2 aliphatic carbocycles. The Hall–Kier alpha value is -0.900. The van der Waals surface area contributed by atoms with Gasteiger partial charge in [0.15, 0.2) is 0 Å². The van der Waals surface area contributed by atoms with Crippen molar-refractivity contribution in [3.63, 3.8) is 0 Å². The summed E-state index contributed by atoms with van der Waals surface area (Å²) >= 11 is 0. The molecule has 1 aromatic rings. The van der Waals surface area contributed by atoms with Crippen LogP contribution in [-0.4, -0.2) is 20.8 Å². The van der Waals surface area contributed by atoms with E-state index in [0.29, 0.717) is 5.41 Å². The fraction of sp³-hybridized carbons (Fsp3) is 0.846. The SMILES string of the molecule is Cn1cnnc1CNC1CCC12CCCCC2. The van der Waals surface area contributed by atoms with Crippen molar-refractivity contribution in [2.45, 2.75) is 57.5 Å². The van der Waals surface area contributed by atoms with E-state index >= 15 is 0 Å². The minimum atomic E-state index is 0.636. The molecule has 1 heterocycles. The standard InChI is InChI=1S/C13H22N4/c1-17-10-15-16-12(17)9-14-11-5-8-13(11)6-3-2-4-7-13/h10-11,14H,2-9H2,1H3. The molecule has 2 fully saturated rings. The highest BCUT2D eigenvalue weighted by molar-refractivity contribution is 5.02. The normalized spacial score (nSPS) is 27.0. The Morgan fingerprint density at radius 1 is 1.35 bits per heavy atom. The number of rotatable bonds is 3. The first-order chi connectivity index (χ1) is 8.30. The molecule has 1 atom stereocenters. The van der Waals surface area contributed by atoms with Gasteiger partial charge in [0.1, 0.15) is 12.2 Å². The quantitative estimate of drug-likeness (QED) is 0.870. The zero-order valence-corrected chi connectivity index (χ0v) is 10.7. The average Bonchev–Trinajstić information content (AvgIpc) is 2.75. The van der Waals surface area contributed by atoms with Gasteiger partial charge in [0, 0.05) is 13.1 Å². The monoisotopic (exact) mass is 234 g/mol. The first kappa shape index (κ1) is 11.2. The summed E-state index contributed by atoms with van der Waals surface area (Å²) in [4.78, 5) is 0. The minimum absolute atomic E-state index is 0.636. The van der Waals surface area contributed by atoms with Gasteiger partial charge in [0.05, 0.1) is 6.54 Å². The molecule has 0 aliphatic heterocycles. The molecule has 3 rings (SSSR count). The Labute approximate surface area is 103 Å². The van der Waals surface area contributed by atoms with Gasteiger partial charge in [-0.05, 0) is 31.1 Å². The molecule has 2 saturated carbocycles. The van der Waals surface area contributed by atoms with E-state index in [9.17, 15) is 0 Å². The fourth-order valence-corrected chi connectivity index (χ4v) is 3.55. The van der Waals surface area contributed by atoms with Crippen LogP contribution in [0.3, 0.4) is 0 Å². The maximum Gasteiger partial charge on any atom is 0.146 e. The van der Waals surface area contributed by atoms with Crippen molar-refractivity contribution in [3.05, 3.63) is 12.2 Å². The molecule has 0 amide bonds. The summed E-state index contributed by atoms with van der Waals surface area (Å²) in [5.74, 6) is 1.04. The van der Waals surface area contributed by atoms with Crippen LogP contribution in [-0.2, 0) is 13.6 Å². The summed E-state index contributed by atoms with van der Waals surface area (Å²) in [6.45, 7) is 0.864. The largest absolute Gasteiger partial charge is 0.320 e. The van der Waals surface area contributed by atoms with E-state index < -0.39 is 0 Å². The second kappa shape index (κ2) is 4.41. The van der Waals surface area contributed by atoms with Gasteiger partial charge < -0.3 is 9.88 Å². The Kier molecular flexibility index (Phi) is 2.90. The topological polar surface area (TPSA) is 42.7 Å². The first-order valence-corrected chi connectivity index (χ1v) is 6.86. The summed E-state index contributed by atoms with van der Waals surface area (Å²) in [6.07, 6.45) is 11.7. The molecule has 4 nitrogen and oxygen atoms in total. The van der Waals surface area contributed by atoms with Crippen molar-refractivity contribution in [2.24, 2.45) is 12.5 Å². The number of hydrogen-bond acceptors (Lipinski definition) is 3. The molecule has 1 spiro atoms. The molecular weight excluding hydrogens is 212 g/mol. The highest BCUT2D eigenvalue weighted by Crippen LogP contribution is 2.51. The van der Waals surface area contributed by atoms with Crippen molar-refractivity contribution in [2.75, 3.05) is 0 Å². The van der Waals surface area contributed by atoms with Gasteiger partial charge >= 0.3 is 0 Å². The van der Waals surface area contributed by atoms with Gasteiger partial charge in [0.2, 0.25) is 0 Å². The zero-order valence-electron chi connectivity index (χ0n) is 10.7. The maximum atomic E-state index is 4.13. The molecule has 1 unspecified atom stereocenters. The average molecular weight is 234 g/mol. The highest BCUT2D eigenvalue weighted by Gasteiger charge is 2.46. The highest BCUT2D eigenvalue weighted by atomic mass is 15.3. The molecule has 1 N–H and O–H groups in total. The lowest BCUT2D eigenvalue weighted by molar-refractivity contribution is 0.0216. The predicted molar refractivity (Wildman–Crippen MR) is 66.4 cm³/mol. The van der Waals surface area contributed by atoms with Crippen LogP contribution in [0.5, 0.6) is 0 Å². The van der Waals surface area contributed by atoms with Gasteiger partial charge in [-0.25, -0.2) is 0 Å². The van der Waals surface area contributed by atoms with E-state index in [4.69, 9.17) is 0 Å². The van der Waals surface area contributed by atoms with Crippen LogP contribution in [0.25, 0.3) is 0 Å². The fourth-order valence-electron chi connectivity index (χ4n) is 3.55. The number of aryl methyl sites for hydroxylation is 1. The van der Waals surface area contributed by atoms with Gasteiger partial charge in [-0.1, -0.05) is 19.3 Å². The van der Waals surface area contributed by atoms with E-state index in [1.807, 2.05) is 11.6 Å². The van der Waals surface area contributed by atoms with E-state index in [1.54, 1.807) is 6.33 Å². The van der Waals surface area contributed by atoms with Crippen LogP contribution in [0.4, 0.5) is 0 Å². The first-order valence-electron chi connectivity index (χ1n) is 6.86. The number of hydrogen-bond donors (Lipinski definition) is 1. The second-order valence-electron chi connectivity index (χ2n) is 5.75. The molecular formula is C13H22N4. The Morgan fingerprint density at radius 2 is 2.18 bits per heavy atom. The zero-order chi connectivity index (χ0) is 11.7. The van der Waals surface area contributed by atoms with E-state index in [-0.39, 0.29) is 0 Å². The summed E-state index contributed by atoms with van der Waals surface area (Å²) in [5, 5.41) is 11.8. The lowest BCUT2D eigenvalue weighted by Crippen LogP contribution is -2.54. The van der Waals surface area contributed by atoms with E-state index in [0.717, 1.165) is 18.4 Å². The van der Waals surface area contributed by atoms with Crippen molar-refractivity contribution in [3.8, 4) is 0 Å². The third-order valence-electron chi connectivity index (χ3n) is 4.83. The van der Waals surface area contributed by atoms with Gasteiger partial charge in [-0.2, -0.15) is 0 Å². The summed E-state index contributed by atoms with van der Waals surface area (Å²) in [6, 6.07) is 0.722. The van der Waals surface area contributed by atoms with Crippen molar-refractivity contribution < 1.29 is 0 Å². The van der Waals surface area contributed by atoms with Crippen LogP contribution >= 0.6 is 0 Å². The summed E-state index contributed by atoms with van der Waals surface area (Å²) in [7, 11) is 2.01. The lowest BCUT2D eigenvalue weighted by atomic mass is 9.57. The molecule has 0 radical (unpaired) electrons. The molecule has 2 aliphatic rings. The predicted octanol–water partition coefficient (Wildman–Crippen LogP) is 2.02. The van der Waals surface area contributed by atoms with Gasteiger partial charge in [-0.15, -0.1) is 10.2 Å². The van der Waals surface area contributed by atoms with Crippen LogP contribution in [0.15, 0.2) is 6.33 Å². The molecule has 0 saturated heterocycles. The van der Waals surface area contributed by atoms with Crippen LogP contribution in [0.2, 0.25) is 0 Å². The molecule has 0 aromatic carbocycles. The molecule has 17 heavy (non-hydrogen) atoms.